The molecule has 1 N–H and O–H groups in total. The highest BCUT2D eigenvalue weighted by atomic mass is 16.4. The van der Waals surface area contributed by atoms with Crippen molar-refractivity contribution in [2.24, 2.45) is 5.92 Å². The Hall–Kier alpha value is -2.10. The molecule has 0 fully saturated rings. The molecule has 1 aromatic carbocycles. The summed E-state index contributed by atoms with van der Waals surface area (Å²) >= 11 is 0. The normalized spacial score (nSPS) is 16.7. The van der Waals surface area contributed by atoms with E-state index in [-0.39, 0.29) is 5.91 Å². The zero-order valence-electron chi connectivity index (χ0n) is 10.9. The lowest BCUT2D eigenvalue weighted by Crippen LogP contribution is -2.40. The largest absolute Gasteiger partial charge is 0.481 e. The fourth-order valence-corrected chi connectivity index (χ4v) is 2.16. The van der Waals surface area contributed by atoms with Crippen LogP contribution in [0, 0.1) is 5.92 Å². The van der Waals surface area contributed by atoms with Crippen molar-refractivity contribution in [2.45, 2.75) is 13.3 Å². The smallest absolute Gasteiger partial charge is 0.315 e. The van der Waals surface area contributed by atoms with Crippen LogP contribution in [-0.2, 0) is 9.59 Å². The van der Waals surface area contributed by atoms with E-state index in [1.165, 1.54) is 18.1 Å². The quantitative estimate of drug-likeness (QED) is 0.845. The molecule has 0 radical (unpaired) electrons. The molecule has 1 atom stereocenters. The summed E-state index contributed by atoms with van der Waals surface area (Å²) in [6, 6.07) is 10.0. The van der Waals surface area contributed by atoms with Crippen LogP contribution in [0.2, 0.25) is 0 Å². The summed E-state index contributed by atoms with van der Waals surface area (Å²) in [4.78, 5) is 24.3. The first kappa shape index (κ1) is 13.3. The number of hydrogen-bond acceptors (Lipinski definition) is 2. The number of hydrogen-bond donors (Lipinski definition) is 1. The zero-order valence-corrected chi connectivity index (χ0v) is 10.9. The minimum absolute atomic E-state index is 0.309. The van der Waals surface area contributed by atoms with Crippen molar-refractivity contribution in [1.29, 1.82) is 0 Å². The van der Waals surface area contributed by atoms with Crippen LogP contribution in [0.4, 0.5) is 0 Å². The average molecular weight is 259 g/mol. The fraction of sp³-hybridized carbons (Fsp3) is 0.333. The average Bonchev–Trinajstić information content (AvgIpc) is 2.46. The molecule has 100 valence electrons. The Kier molecular flexibility index (Phi) is 4.00. The molecule has 1 aliphatic rings. The molecule has 0 saturated carbocycles. The monoisotopic (exact) mass is 259 g/mol. The van der Waals surface area contributed by atoms with E-state index in [2.05, 4.69) is 0 Å². The van der Waals surface area contributed by atoms with Crippen molar-refractivity contribution in [3.05, 3.63) is 42.0 Å². The maximum atomic E-state index is 11.9. The molecule has 0 aromatic heterocycles. The van der Waals surface area contributed by atoms with Crippen molar-refractivity contribution in [3.8, 4) is 0 Å². The third-order valence-electron chi connectivity index (χ3n) is 3.41. The van der Waals surface area contributed by atoms with Crippen molar-refractivity contribution in [3.63, 3.8) is 0 Å². The Morgan fingerprint density at radius 2 is 1.95 bits per heavy atom. The SMILES string of the molecule is CC(C(=O)O)C(=O)N1CC=C(c2ccccc2)CC1. The Labute approximate surface area is 112 Å². The first-order valence-electron chi connectivity index (χ1n) is 6.35. The highest BCUT2D eigenvalue weighted by molar-refractivity contribution is 5.96. The van der Waals surface area contributed by atoms with Gasteiger partial charge in [0.15, 0.2) is 0 Å². The van der Waals surface area contributed by atoms with E-state index in [1.54, 1.807) is 4.90 Å². The van der Waals surface area contributed by atoms with Crippen LogP contribution < -0.4 is 0 Å². The van der Waals surface area contributed by atoms with E-state index >= 15 is 0 Å². The molecular formula is C15H17NO3. The van der Waals surface area contributed by atoms with Gasteiger partial charge in [0, 0.05) is 13.1 Å². The summed E-state index contributed by atoms with van der Waals surface area (Å²) in [6.07, 6.45) is 2.77. The molecule has 0 bridgehead atoms. The summed E-state index contributed by atoms with van der Waals surface area (Å²) in [7, 11) is 0. The number of amides is 1. The molecule has 4 nitrogen and oxygen atoms in total. The van der Waals surface area contributed by atoms with Crippen molar-refractivity contribution in [2.75, 3.05) is 13.1 Å². The maximum Gasteiger partial charge on any atom is 0.315 e. The van der Waals surface area contributed by atoms with Gasteiger partial charge in [0.1, 0.15) is 5.92 Å². The van der Waals surface area contributed by atoms with Gasteiger partial charge in [-0.05, 0) is 24.5 Å². The molecule has 19 heavy (non-hydrogen) atoms. The molecule has 4 heteroatoms. The highest BCUT2D eigenvalue weighted by Gasteiger charge is 2.27. The predicted octanol–water partition coefficient (Wildman–Crippen LogP) is 2.02. The number of carboxylic acid groups (broad SMARTS) is 1. The standard InChI is InChI=1S/C15H17NO3/c1-11(15(18)19)14(17)16-9-7-13(8-10-16)12-5-3-2-4-6-12/h2-7,11H,8-10H2,1H3,(H,18,19). The number of carboxylic acids is 1. The highest BCUT2D eigenvalue weighted by Crippen LogP contribution is 2.22. The van der Waals surface area contributed by atoms with Gasteiger partial charge in [-0.15, -0.1) is 0 Å². The van der Waals surface area contributed by atoms with Gasteiger partial charge in [-0.1, -0.05) is 36.4 Å². The molecule has 0 spiro atoms. The van der Waals surface area contributed by atoms with Gasteiger partial charge in [0.25, 0.3) is 0 Å². The number of nitrogens with zero attached hydrogens (tertiary/aromatic N) is 1. The number of benzene rings is 1. The van der Waals surface area contributed by atoms with Gasteiger partial charge in [-0.2, -0.15) is 0 Å². The van der Waals surface area contributed by atoms with Crippen LogP contribution in [-0.4, -0.2) is 35.0 Å². The Morgan fingerprint density at radius 3 is 2.47 bits per heavy atom. The van der Waals surface area contributed by atoms with Crippen molar-refractivity contribution < 1.29 is 14.7 Å². The van der Waals surface area contributed by atoms with Gasteiger partial charge >= 0.3 is 5.97 Å². The van der Waals surface area contributed by atoms with Crippen LogP contribution in [0.1, 0.15) is 18.9 Å². The second kappa shape index (κ2) is 5.69. The van der Waals surface area contributed by atoms with Crippen LogP contribution in [0.3, 0.4) is 0 Å². The fourth-order valence-electron chi connectivity index (χ4n) is 2.16. The molecule has 0 aliphatic carbocycles. The van der Waals surface area contributed by atoms with Gasteiger partial charge < -0.3 is 10.0 Å². The van der Waals surface area contributed by atoms with Gasteiger partial charge in [0.2, 0.25) is 5.91 Å². The van der Waals surface area contributed by atoms with Crippen molar-refractivity contribution in [1.82, 2.24) is 4.90 Å². The molecule has 1 heterocycles. The summed E-state index contributed by atoms with van der Waals surface area (Å²) in [6.45, 7) is 2.50. The summed E-state index contributed by atoms with van der Waals surface area (Å²) in [5, 5.41) is 8.85. The first-order valence-corrected chi connectivity index (χ1v) is 6.35. The van der Waals surface area contributed by atoms with E-state index < -0.39 is 11.9 Å². The molecule has 1 amide bonds. The zero-order chi connectivity index (χ0) is 13.8. The first-order chi connectivity index (χ1) is 9.09. The van der Waals surface area contributed by atoms with E-state index in [0.29, 0.717) is 13.1 Å². The molecular weight excluding hydrogens is 242 g/mol. The maximum absolute atomic E-state index is 11.9. The Morgan fingerprint density at radius 1 is 1.26 bits per heavy atom. The molecule has 1 aromatic rings. The summed E-state index contributed by atoms with van der Waals surface area (Å²) in [5.74, 6) is -2.34. The lowest BCUT2D eigenvalue weighted by Gasteiger charge is -2.28. The van der Waals surface area contributed by atoms with Crippen LogP contribution in [0.25, 0.3) is 5.57 Å². The van der Waals surface area contributed by atoms with Crippen LogP contribution >= 0.6 is 0 Å². The molecule has 0 saturated heterocycles. The van der Waals surface area contributed by atoms with E-state index in [1.807, 2.05) is 36.4 Å². The number of rotatable bonds is 3. The Bertz CT molecular complexity index is 507. The summed E-state index contributed by atoms with van der Waals surface area (Å²) < 4.78 is 0. The lowest BCUT2D eigenvalue weighted by molar-refractivity contribution is -0.150. The molecule has 1 unspecified atom stereocenters. The van der Waals surface area contributed by atoms with Gasteiger partial charge in [-0.3, -0.25) is 9.59 Å². The van der Waals surface area contributed by atoms with Crippen LogP contribution in [0.5, 0.6) is 0 Å². The van der Waals surface area contributed by atoms with E-state index in [9.17, 15) is 9.59 Å². The second-order valence-electron chi connectivity index (χ2n) is 4.69. The predicted molar refractivity (Wildman–Crippen MR) is 72.4 cm³/mol. The topological polar surface area (TPSA) is 57.6 Å². The lowest BCUT2D eigenvalue weighted by atomic mass is 9.99. The third-order valence-corrected chi connectivity index (χ3v) is 3.41. The number of carbonyl (C=O) groups is 2. The Balaban J connectivity index is 2.04. The van der Waals surface area contributed by atoms with Gasteiger partial charge in [0.05, 0.1) is 0 Å². The van der Waals surface area contributed by atoms with Crippen LogP contribution in [0.15, 0.2) is 36.4 Å². The number of aliphatic carboxylic acids is 1. The van der Waals surface area contributed by atoms with Crippen molar-refractivity contribution >= 4 is 17.4 Å². The minimum Gasteiger partial charge on any atom is -0.481 e. The summed E-state index contributed by atoms with van der Waals surface area (Å²) in [5.41, 5.74) is 2.38. The van der Waals surface area contributed by atoms with Gasteiger partial charge in [-0.25, -0.2) is 0 Å². The third kappa shape index (κ3) is 3.02. The minimum atomic E-state index is -1.07. The second-order valence-corrected chi connectivity index (χ2v) is 4.69. The van der Waals surface area contributed by atoms with E-state index in [4.69, 9.17) is 5.11 Å². The molecule has 1 aliphatic heterocycles. The molecule has 2 rings (SSSR count). The van der Waals surface area contributed by atoms with E-state index in [0.717, 1.165) is 6.42 Å². The number of carbonyl (C=O) groups excluding carboxylic acids is 1.